The van der Waals surface area contributed by atoms with Crippen LogP contribution in [0.2, 0.25) is 5.02 Å². The summed E-state index contributed by atoms with van der Waals surface area (Å²) in [5.41, 5.74) is 11.3. The molecule has 0 spiro atoms. The van der Waals surface area contributed by atoms with Crippen LogP contribution in [0.3, 0.4) is 0 Å². The molecular formula is C28H24ClN5O3S. The van der Waals surface area contributed by atoms with Gasteiger partial charge in [-0.25, -0.2) is 14.8 Å². The van der Waals surface area contributed by atoms with Gasteiger partial charge in [0.25, 0.3) is 5.91 Å². The molecule has 6 rings (SSSR count). The number of aromatic nitrogens is 3. The number of nitrogens with two attached hydrogens (primary N) is 1. The third-order valence-electron chi connectivity index (χ3n) is 6.89. The highest BCUT2D eigenvalue weighted by molar-refractivity contribution is 7.17. The number of methoxy groups -OCH3 is 1. The number of benzene rings is 2. The van der Waals surface area contributed by atoms with Gasteiger partial charge in [0.2, 0.25) is 0 Å². The Labute approximate surface area is 227 Å². The first-order chi connectivity index (χ1) is 18.5. The lowest BCUT2D eigenvalue weighted by Crippen LogP contribution is -2.17. The first kappa shape index (κ1) is 24.4. The normalized spacial score (nSPS) is 13.0. The highest BCUT2D eigenvalue weighted by Gasteiger charge is 2.30. The van der Waals surface area contributed by atoms with Crippen molar-refractivity contribution in [1.29, 1.82) is 0 Å². The van der Waals surface area contributed by atoms with E-state index in [0.717, 1.165) is 41.7 Å². The molecule has 8 nitrogen and oxygen atoms in total. The van der Waals surface area contributed by atoms with Gasteiger partial charge in [0, 0.05) is 9.90 Å². The van der Waals surface area contributed by atoms with Crippen LogP contribution in [0.4, 0.5) is 10.8 Å². The number of rotatable bonds is 5. The highest BCUT2D eigenvalue weighted by atomic mass is 35.5. The zero-order chi connectivity index (χ0) is 26.4. The number of thiophene rings is 1. The summed E-state index contributed by atoms with van der Waals surface area (Å²) in [7, 11) is 1.35. The maximum Gasteiger partial charge on any atom is 0.341 e. The molecule has 0 fully saturated rings. The number of amides is 1. The number of para-hydroxylation sites is 2. The Morgan fingerprint density at radius 1 is 1.05 bits per heavy atom. The van der Waals surface area contributed by atoms with E-state index in [1.54, 1.807) is 10.6 Å². The number of hydrogen-bond donors (Lipinski definition) is 2. The lowest BCUT2D eigenvalue weighted by Gasteiger charge is -2.12. The fourth-order valence-corrected chi connectivity index (χ4v) is 6.50. The molecule has 0 aliphatic heterocycles. The van der Waals surface area contributed by atoms with Crippen LogP contribution < -0.4 is 11.1 Å². The number of anilines is 2. The Bertz CT molecular complexity index is 1740. The fraction of sp³-hybridized carbons (Fsp3) is 0.214. The predicted molar refractivity (Wildman–Crippen MR) is 150 cm³/mol. The topological polar surface area (TPSA) is 112 Å². The monoisotopic (exact) mass is 545 g/mol. The Balaban J connectivity index is 1.50. The molecule has 0 saturated carbocycles. The molecule has 38 heavy (non-hydrogen) atoms. The van der Waals surface area contributed by atoms with Crippen molar-refractivity contribution < 1.29 is 14.3 Å². The summed E-state index contributed by atoms with van der Waals surface area (Å²) in [5, 5.41) is 4.01. The SMILES string of the molecule is COC(=O)c1c(NC(=O)c2c(N)n(Cc3ccccc3Cl)c3nc4ccccc4nc23)sc2c1CCCC2. The number of carbonyl (C=O) groups is 2. The number of carbonyl (C=O) groups excluding carboxylic acids is 2. The molecule has 3 N–H and O–H groups in total. The number of fused-ring (bicyclic) bond motifs is 3. The molecule has 192 valence electrons. The summed E-state index contributed by atoms with van der Waals surface area (Å²) in [4.78, 5) is 37.3. The summed E-state index contributed by atoms with van der Waals surface area (Å²) in [6, 6.07) is 14.9. The summed E-state index contributed by atoms with van der Waals surface area (Å²) >= 11 is 7.87. The summed E-state index contributed by atoms with van der Waals surface area (Å²) in [6.45, 7) is 0.309. The van der Waals surface area contributed by atoms with Crippen molar-refractivity contribution in [2.75, 3.05) is 18.2 Å². The van der Waals surface area contributed by atoms with E-state index in [4.69, 9.17) is 32.0 Å². The standard InChI is InChI=1S/C28H24ClN5O3S/c1-37-28(36)21-16-9-3-7-13-20(16)38-27(21)33-26(35)22-23-25(32-19-12-6-5-11-18(19)31-23)34(24(22)30)14-15-8-2-4-10-17(15)29/h2,4-6,8,10-12H,3,7,9,13-14,30H2,1H3,(H,33,35). The second kappa shape index (κ2) is 9.74. The summed E-state index contributed by atoms with van der Waals surface area (Å²) < 4.78 is 6.82. The van der Waals surface area contributed by atoms with Gasteiger partial charge in [0.05, 0.1) is 30.3 Å². The van der Waals surface area contributed by atoms with Crippen LogP contribution in [0.25, 0.3) is 22.2 Å². The van der Waals surface area contributed by atoms with Crippen LogP contribution >= 0.6 is 22.9 Å². The third kappa shape index (κ3) is 4.08. The zero-order valence-electron chi connectivity index (χ0n) is 20.6. The first-order valence-corrected chi connectivity index (χ1v) is 13.5. The largest absolute Gasteiger partial charge is 0.465 e. The van der Waals surface area contributed by atoms with Crippen LogP contribution in [0.5, 0.6) is 0 Å². The maximum absolute atomic E-state index is 13.8. The molecular weight excluding hydrogens is 522 g/mol. The van der Waals surface area contributed by atoms with Gasteiger partial charge < -0.3 is 20.4 Å². The van der Waals surface area contributed by atoms with E-state index >= 15 is 0 Å². The average Bonchev–Trinajstić information content (AvgIpc) is 3.42. The number of aryl methyl sites for hydroxylation is 1. The van der Waals surface area contributed by atoms with Crippen molar-refractivity contribution in [3.05, 3.63) is 80.7 Å². The minimum Gasteiger partial charge on any atom is -0.465 e. The lowest BCUT2D eigenvalue weighted by molar-refractivity contribution is 0.0601. The number of halogens is 1. The number of nitrogen functional groups attached to an aromatic ring is 1. The van der Waals surface area contributed by atoms with E-state index in [9.17, 15) is 9.59 Å². The van der Waals surface area contributed by atoms with E-state index in [1.807, 2.05) is 42.5 Å². The molecule has 0 atom stereocenters. The number of nitrogens with zero attached hydrogens (tertiary/aromatic N) is 3. The molecule has 2 aromatic carbocycles. The van der Waals surface area contributed by atoms with Crippen LogP contribution in [-0.2, 0) is 24.1 Å². The van der Waals surface area contributed by atoms with Gasteiger partial charge in [-0.15, -0.1) is 11.3 Å². The molecule has 10 heteroatoms. The fourth-order valence-electron chi connectivity index (χ4n) is 5.04. The van der Waals surface area contributed by atoms with Crippen LogP contribution in [0, 0.1) is 0 Å². The van der Waals surface area contributed by atoms with Crippen LogP contribution in [0.1, 0.15) is 49.6 Å². The molecule has 1 aliphatic rings. The van der Waals surface area contributed by atoms with Crippen molar-refractivity contribution in [2.45, 2.75) is 32.2 Å². The molecule has 5 aromatic rings. The molecule has 1 amide bonds. The van der Waals surface area contributed by atoms with Crippen LogP contribution in [0.15, 0.2) is 48.5 Å². The van der Waals surface area contributed by atoms with Gasteiger partial charge >= 0.3 is 5.97 Å². The molecule has 0 radical (unpaired) electrons. The maximum atomic E-state index is 13.8. The number of nitrogens with one attached hydrogen (secondary N) is 1. The van der Waals surface area contributed by atoms with Gasteiger partial charge in [-0.05, 0) is 55.0 Å². The Hall–Kier alpha value is -3.95. The minimum absolute atomic E-state index is 0.201. The summed E-state index contributed by atoms with van der Waals surface area (Å²) in [6.07, 6.45) is 3.69. The van der Waals surface area contributed by atoms with Crippen molar-refractivity contribution in [1.82, 2.24) is 14.5 Å². The Morgan fingerprint density at radius 3 is 2.53 bits per heavy atom. The van der Waals surface area contributed by atoms with E-state index in [0.29, 0.717) is 44.3 Å². The summed E-state index contributed by atoms with van der Waals surface area (Å²) in [5.74, 6) is -0.702. The molecule has 3 aromatic heterocycles. The zero-order valence-corrected chi connectivity index (χ0v) is 22.2. The molecule has 1 aliphatic carbocycles. The van der Waals surface area contributed by atoms with E-state index in [2.05, 4.69) is 5.32 Å². The quantitative estimate of drug-likeness (QED) is 0.268. The van der Waals surface area contributed by atoms with Crippen molar-refractivity contribution >= 4 is 67.8 Å². The van der Waals surface area contributed by atoms with Crippen molar-refractivity contribution in [3.63, 3.8) is 0 Å². The number of hydrogen-bond acceptors (Lipinski definition) is 7. The van der Waals surface area contributed by atoms with E-state index in [1.165, 1.54) is 18.4 Å². The van der Waals surface area contributed by atoms with E-state index in [-0.39, 0.29) is 11.4 Å². The first-order valence-electron chi connectivity index (χ1n) is 12.3. The van der Waals surface area contributed by atoms with E-state index < -0.39 is 11.9 Å². The van der Waals surface area contributed by atoms with Gasteiger partial charge in [-0.2, -0.15) is 0 Å². The van der Waals surface area contributed by atoms with Crippen LogP contribution in [-0.4, -0.2) is 33.5 Å². The van der Waals surface area contributed by atoms with Crippen molar-refractivity contribution in [2.24, 2.45) is 0 Å². The Kier molecular flexibility index (Phi) is 6.25. The highest BCUT2D eigenvalue weighted by Crippen LogP contribution is 2.39. The predicted octanol–water partition coefficient (Wildman–Crippen LogP) is 5.85. The second-order valence-corrected chi connectivity index (χ2v) is 10.7. The molecule has 3 heterocycles. The smallest absolute Gasteiger partial charge is 0.341 e. The lowest BCUT2D eigenvalue weighted by atomic mass is 9.95. The van der Waals surface area contributed by atoms with Gasteiger partial charge in [-0.1, -0.05) is 41.9 Å². The Morgan fingerprint density at radius 2 is 1.76 bits per heavy atom. The molecule has 0 unspecified atom stereocenters. The van der Waals surface area contributed by atoms with Gasteiger partial charge in [-0.3, -0.25) is 4.79 Å². The average molecular weight is 546 g/mol. The second-order valence-electron chi connectivity index (χ2n) is 9.18. The van der Waals surface area contributed by atoms with Gasteiger partial charge in [0.15, 0.2) is 5.65 Å². The van der Waals surface area contributed by atoms with Gasteiger partial charge in [0.1, 0.15) is 21.9 Å². The number of esters is 1. The number of ether oxygens (including phenoxy) is 1. The molecule has 0 bridgehead atoms. The third-order valence-corrected chi connectivity index (χ3v) is 8.47. The molecule has 0 saturated heterocycles. The minimum atomic E-state index is -0.460. The van der Waals surface area contributed by atoms with Crippen molar-refractivity contribution in [3.8, 4) is 0 Å².